The van der Waals surface area contributed by atoms with E-state index in [1.807, 2.05) is 0 Å². The summed E-state index contributed by atoms with van der Waals surface area (Å²) in [4.78, 5) is 0. The molecule has 4 aliphatic carbocycles. The van der Waals surface area contributed by atoms with Crippen LogP contribution in [0.1, 0.15) is 37.3 Å². The van der Waals surface area contributed by atoms with Crippen LogP contribution in [0.25, 0.3) is 11.1 Å². The minimum Gasteiger partial charge on any atom is -0.0843 e. The van der Waals surface area contributed by atoms with Gasteiger partial charge in [0.25, 0.3) is 0 Å². The molecule has 24 heavy (non-hydrogen) atoms. The fourth-order valence-corrected chi connectivity index (χ4v) is 6.90. The molecule has 5 unspecified atom stereocenters. The molecule has 2 aromatic rings. The highest BCUT2D eigenvalue weighted by Crippen LogP contribution is 2.73. The molecule has 5 atom stereocenters. The van der Waals surface area contributed by atoms with Crippen molar-refractivity contribution in [2.75, 3.05) is 0 Å². The molecule has 2 fully saturated rings. The van der Waals surface area contributed by atoms with Gasteiger partial charge in [0, 0.05) is 10.4 Å². The van der Waals surface area contributed by atoms with Crippen LogP contribution < -0.4 is 0 Å². The molecule has 1 heteroatoms. The Kier molecular flexibility index (Phi) is 2.49. The van der Waals surface area contributed by atoms with Gasteiger partial charge in [0.2, 0.25) is 0 Å². The van der Waals surface area contributed by atoms with E-state index in [4.69, 9.17) is 11.6 Å². The Morgan fingerprint density at radius 2 is 1.79 bits per heavy atom. The van der Waals surface area contributed by atoms with Crippen LogP contribution in [0.3, 0.4) is 0 Å². The van der Waals surface area contributed by atoms with Gasteiger partial charge >= 0.3 is 0 Å². The summed E-state index contributed by atoms with van der Waals surface area (Å²) in [6.07, 6.45) is 6.86. The molecule has 0 radical (unpaired) electrons. The van der Waals surface area contributed by atoms with Crippen LogP contribution in [0.5, 0.6) is 0 Å². The summed E-state index contributed by atoms with van der Waals surface area (Å²) >= 11 is 6.37. The van der Waals surface area contributed by atoms with E-state index in [1.54, 1.807) is 11.1 Å². The van der Waals surface area contributed by atoms with E-state index in [0.717, 1.165) is 28.7 Å². The second-order valence-electron chi connectivity index (χ2n) is 8.43. The zero-order chi connectivity index (χ0) is 16.1. The topological polar surface area (TPSA) is 0 Å². The Morgan fingerprint density at radius 1 is 0.958 bits per heavy atom. The third kappa shape index (κ3) is 1.40. The Labute approximate surface area is 148 Å². The van der Waals surface area contributed by atoms with E-state index in [1.165, 1.54) is 36.0 Å². The highest BCUT2D eigenvalue weighted by atomic mass is 35.5. The van der Waals surface area contributed by atoms with Crippen LogP contribution >= 0.6 is 11.6 Å². The molecule has 0 N–H and O–H groups in total. The van der Waals surface area contributed by atoms with E-state index in [-0.39, 0.29) is 5.41 Å². The summed E-state index contributed by atoms with van der Waals surface area (Å²) in [7, 11) is 0. The first kappa shape index (κ1) is 13.7. The highest BCUT2D eigenvalue weighted by molar-refractivity contribution is 6.31. The average Bonchev–Trinajstić information content (AvgIpc) is 3.02. The maximum Gasteiger partial charge on any atom is 0.0460 e. The quantitative estimate of drug-likeness (QED) is 0.502. The zero-order valence-electron chi connectivity index (χ0n) is 13.9. The van der Waals surface area contributed by atoms with Crippen LogP contribution in [0.2, 0.25) is 5.02 Å². The van der Waals surface area contributed by atoms with Gasteiger partial charge in [-0.1, -0.05) is 60.5 Å². The van der Waals surface area contributed by atoms with Gasteiger partial charge in [-0.05, 0) is 77.3 Å². The molecule has 2 saturated carbocycles. The molecule has 6 rings (SSSR count). The van der Waals surface area contributed by atoms with E-state index in [2.05, 4.69) is 55.5 Å². The van der Waals surface area contributed by atoms with Gasteiger partial charge in [-0.25, -0.2) is 0 Å². The summed E-state index contributed by atoms with van der Waals surface area (Å²) < 4.78 is 0. The van der Waals surface area contributed by atoms with E-state index in [0.29, 0.717) is 0 Å². The predicted molar refractivity (Wildman–Crippen MR) is 99.2 cm³/mol. The first-order chi connectivity index (χ1) is 11.7. The standard InChI is InChI=1S/C23H21Cl/c1-13-8-14-10-18-21(9-13)23(22(18)11-14)19-5-3-2-4-16(19)17-12-15(24)6-7-20(17)23/h2-7,9,12-14,18,22H,8,10-11H2,1H3. The van der Waals surface area contributed by atoms with Crippen molar-refractivity contribution in [3.05, 3.63) is 70.3 Å². The molecule has 2 aromatic carbocycles. The minimum absolute atomic E-state index is 0.157. The SMILES string of the molecule is CC1C=C2C3CC(C1)CC3C21c2ccccc2-c2cc(Cl)ccc21. The van der Waals surface area contributed by atoms with Crippen LogP contribution in [-0.2, 0) is 5.41 Å². The number of hydrogen-bond donors (Lipinski definition) is 0. The van der Waals surface area contributed by atoms with Gasteiger partial charge in [-0.2, -0.15) is 0 Å². The van der Waals surface area contributed by atoms with Crippen molar-refractivity contribution in [3.8, 4) is 11.1 Å². The fourth-order valence-electron chi connectivity index (χ4n) is 6.72. The lowest BCUT2D eigenvalue weighted by atomic mass is 9.47. The van der Waals surface area contributed by atoms with E-state index in [9.17, 15) is 0 Å². The molecule has 2 bridgehead atoms. The molecule has 4 aliphatic rings. The largest absolute Gasteiger partial charge is 0.0843 e. The lowest BCUT2D eigenvalue weighted by Crippen LogP contribution is -2.51. The maximum atomic E-state index is 6.37. The third-order valence-electron chi connectivity index (χ3n) is 7.29. The predicted octanol–water partition coefficient (Wildman–Crippen LogP) is 6.23. The van der Waals surface area contributed by atoms with Crippen molar-refractivity contribution >= 4 is 11.6 Å². The van der Waals surface area contributed by atoms with Crippen LogP contribution in [-0.4, -0.2) is 0 Å². The molecule has 1 spiro atoms. The minimum atomic E-state index is 0.157. The summed E-state index contributed by atoms with van der Waals surface area (Å²) in [5.41, 5.74) is 7.74. The number of benzene rings is 2. The number of fused-ring (bicyclic) bond motifs is 8. The second-order valence-corrected chi connectivity index (χ2v) is 8.87. The lowest BCUT2D eigenvalue weighted by molar-refractivity contribution is 0.193. The zero-order valence-corrected chi connectivity index (χ0v) is 14.7. The highest BCUT2D eigenvalue weighted by Gasteiger charge is 2.66. The number of allylic oxidation sites excluding steroid dienone is 2. The van der Waals surface area contributed by atoms with E-state index < -0.39 is 0 Å². The van der Waals surface area contributed by atoms with Gasteiger partial charge in [0.1, 0.15) is 0 Å². The summed E-state index contributed by atoms with van der Waals surface area (Å²) in [6, 6.07) is 15.7. The van der Waals surface area contributed by atoms with Crippen molar-refractivity contribution in [1.29, 1.82) is 0 Å². The third-order valence-corrected chi connectivity index (χ3v) is 7.52. The first-order valence-electron chi connectivity index (χ1n) is 9.31. The van der Waals surface area contributed by atoms with Crippen LogP contribution in [0.15, 0.2) is 54.1 Å². The smallest absolute Gasteiger partial charge is 0.0460 e. The molecule has 0 aliphatic heterocycles. The van der Waals surface area contributed by atoms with Gasteiger partial charge in [0.15, 0.2) is 0 Å². The maximum absolute atomic E-state index is 6.37. The Balaban J connectivity index is 1.70. The van der Waals surface area contributed by atoms with Crippen molar-refractivity contribution in [2.45, 2.75) is 31.6 Å². The monoisotopic (exact) mass is 332 g/mol. The van der Waals surface area contributed by atoms with Crippen LogP contribution in [0.4, 0.5) is 0 Å². The molecule has 0 aromatic heterocycles. The first-order valence-corrected chi connectivity index (χ1v) is 9.69. The van der Waals surface area contributed by atoms with Crippen LogP contribution in [0, 0.1) is 23.7 Å². The summed E-state index contributed by atoms with van der Waals surface area (Å²) in [5, 5.41) is 0.853. The molecular formula is C23H21Cl. The molecule has 0 nitrogen and oxygen atoms in total. The molecule has 0 amide bonds. The van der Waals surface area contributed by atoms with Crippen molar-refractivity contribution in [3.63, 3.8) is 0 Å². The Hall–Kier alpha value is -1.53. The lowest BCUT2D eigenvalue weighted by Gasteiger charge is -2.55. The fraction of sp³-hybridized carbons (Fsp3) is 0.391. The number of rotatable bonds is 0. The normalized spacial score (nSPS) is 37.5. The van der Waals surface area contributed by atoms with Crippen molar-refractivity contribution in [2.24, 2.45) is 23.7 Å². The summed E-state index contributed by atoms with van der Waals surface area (Å²) in [5.74, 6) is 3.27. The van der Waals surface area contributed by atoms with Crippen molar-refractivity contribution < 1.29 is 0 Å². The number of halogens is 1. The average molecular weight is 333 g/mol. The number of hydrogen-bond acceptors (Lipinski definition) is 0. The Morgan fingerprint density at radius 3 is 2.71 bits per heavy atom. The molecule has 0 heterocycles. The second kappa shape index (κ2) is 4.35. The van der Waals surface area contributed by atoms with Gasteiger partial charge in [-0.15, -0.1) is 0 Å². The van der Waals surface area contributed by atoms with Crippen molar-refractivity contribution in [1.82, 2.24) is 0 Å². The van der Waals surface area contributed by atoms with E-state index >= 15 is 0 Å². The molecular weight excluding hydrogens is 312 g/mol. The molecule has 0 saturated heterocycles. The van der Waals surface area contributed by atoms with Gasteiger partial charge in [0.05, 0.1) is 0 Å². The van der Waals surface area contributed by atoms with Gasteiger partial charge < -0.3 is 0 Å². The summed E-state index contributed by atoms with van der Waals surface area (Å²) in [6.45, 7) is 2.42. The Bertz CT molecular complexity index is 908. The molecule has 120 valence electrons. The van der Waals surface area contributed by atoms with Gasteiger partial charge in [-0.3, -0.25) is 0 Å².